The molecule has 0 saturated carbocycles. The summed E-state index contributed by atoms with van der Waals surface area (Å²) in [5, 5.41) is 0. The van der Waals surface area contributed by atoms with Crippen LogP contribution in [0.4, 0.5) is 0 Å². The maximum atomic E-state index is 11.7. The van der Waals surface area contributed by atoms with Gasteiger partial charge in [0, 0.05) is 18.3 Å². The van der Waals surface area contributed by atoms with Crippen molar-refractivity contribution < 1.29 is 9.53 Å². The summed E-state index contributed by atoms with van der Waals surface area (Å²) in [5.41, 5.74) is 5.64. The summed E-state index contributed by atoms with van der Waals surface area (Å²) in [7, 11) is 0. The lowest BCUT2D eigenvalue weighted by Crippen LogP contribution is -2.56. The van der Waals surface area contributed by atoms with E-state index in [2.05, 4.69) is 0 Å². The van der Waals surface area contributed by atoms with Gasteiger partial charge in [0.05, 0.1) is 12.6 Å². The van der Waals surface area contributed by atoms with E-state index in [1.54, 1.807) is 0 Å². The number of carbonyl (C=O) groups excluding carboxylic acids is 1. The minimum absolute atomic E-state index is 0.0972. The Morgan fingerprint density at radius 2 is 2.50 bits per heavy atom. The van der Waals surface area contributed by atoms with Crippen molar-refractivity contribution in [3.8, 4) is 0 Å². The predicted octanol–water partition coefficient (Wildman–Crippen LogP) is -0.322. The Morgan fingerprint density at radius 1 is 1.64 bits per heavy atom. The minimum Gasteiger partial charge on any atom is -0.369 e. The van der Waals surface area contributed by atoms with E-state index >= 15 is 0 Å². The first kappa shape index (κ1) is 10.3. The summed E-state index contributed by atoms with van der Waals surface area (Å²) < 4.78 is 5.20. The van der Waals surface area contributed by atoms with Crippen molar-refractivity contribution in [3.63, 3.8) is 0 Å². The van der Waals surface area contributed by atoms with Gasteiger partial charge < -0.3 is 15.4 Å². The zero-order valence-electron chi connectivity index (χ0n) is 8.15. The molecule has 14 heavy (non-hydrogen) atoms. The Hall–Kier alpha value is -0.260. The van der Waals surface area contributed by atoms with Crippen LogP contribution in [0.5, 0.6) is 0 Å². The van der Waals surface area contributed by atoms with Crippen LogP contribution in [0.3, 0.4) is 0 Å². The van der Waals surface area contributed by atoms with E-state index in [1.807, 2.05) is 16.7 Å². The molecule has 2 unspecified atom stereocenters. The number of rotatable bonds is 2. The number of hydrogen-bond donors (Lipinski definition) is 1. The van der Waals surface area contributed by atoms with E-state index in [0.717, 1.165) is 17.9 Å². The van der Waals surface area contributed by atoms with E-state index in [1.165, 1.54) is 0 Å². The second-order valence-electron chi connectivity index (χ2n) is 3.72. The lowest BCUT2D eigenvalue weighted by molar-refractivity contribution is -0.150. The lowest BCUT2D eigenvalue weighted by atomic mass is 10.1. The number of morpholine rings is 1. The first-order chi connectivity index (χ1) is 6.83. The van der Waals surface area contributed by atoms with Crippen molar-refractivity contribution in [1.82, 2.24) is 4.90 Å². The summed E-state index contributed by atoms with van der Waals surface area (Å²) in [6.07, 6.45) is 1.10. The van der Waals surface area contributed by atoms with Crippen LogP contribution in [0.25, 0.3) is 0 Å². The molecule has 0 aromatic heterocycles. The van der Waals surface area contributed by atoms with Crippen molar-refractivity contribution in [1.29, 1.82) is 0 Å². The molecular weight excluding hydrogens is 200 g/mol. The average molecular weight is 216 g/mol. The summed E-state index contributed by atoms with van der Waals surface area (Å²) in [6.45, 7) is 1.34. The van der Waals surface area contributed by atoms with Gasteiger partial charge in [-0.05, 0) is 12.2 Å². The molecule has 2 aliphatic rings. The highest BCUT2D eigenvalue weighted by Crippen LogP contribution is 2.25. The SMILES string of the molecule is NCC1COCC(=O)N1C1CCSC1. The van der Waals surface area contributed by atoms with Gasteiger partial charge in [-0.15, -0.1) is 0 Å². The number of hydrogen-bond acceptors (Lipinski definition) is 4. The smallest absolute Gasteiger partial charge is 0.249 e. The highest BCUT2D eigenvalue weighted by molar-refractivity contribution is 7.99. The van der Waals surface area contributed by atoms with Crippen LogP contribution in [-0.2, 0) is 9.53 Å². The molecule has 2 N–H and O–H groups in total. The van der Waals surface area contributed by atoms with Gasteiger partial charge in [-0.25, -0.2) is 0 Å². The quantitative estimate of drug-likeness (QED) is 0.687. The normalized spacial score (nSPS) is 33.8. The molecule has 4 nitrogen and oxygen atoms in total. The molecule has 1 amide bonds. The van der Waals surface area contributed by atoms with Crippen LogP contribution in [0.2, 0.25) is 0 Å². The molecule has 2 heterocycles. The summed E-state index contributed by atoms with van der Waals surface area (Å²) in [6, 6.07) is 0.491. The first-order valence-corrected chi connectivity index (χ1v) is 6.15. The Labute approximate surface area is 88.1 Å². The number of thioether (sulfide) groups is 1. The molecule has 2 saturated heterocycles. The Bertz CT molecular complexity index is 217. The minimum atomic E-state index is 0.0972. The van der Waals surface area contributed by atoms with E-state index < -0.39 is 0 Å². The highest BCUT2D eigenvalue weighted by atomic mass is 32.2. The number of nitrogens with zero attached hydrogens (tertiary/aromatic N) is 1. The van der Waals surface area contributed by atoms with Crippen molar-refractivity contribution >= 4 is 17.7 Å². The van der Waals surface area contributed by atoms with E-state index in [-0.39, 0.29) is 18.6 Å². The zero-order chi connectivity index (χ0) is 9.97. The maximum absolute atomic E-state index is 11.7. The third-order valence-corrected chi connectivity index (χ3v) is 3.93. The number of ether oxygens (including phenoxy) is 1. The molecular formula is C9H16N2O2S. The van der Waals surface area contributed by atoms with Crippen LogP contribution >= 0.6 is 11.8 Å². The Balaban J connectivity index is 2.06. The standard InChI is InChI=1S/C9H16N2O2S/c10-3-8-4-13-5-9(12)11(8)7-1-2-14-6-7/h7-8H,1-6,10H2. The molecule has 2 fully saturated rings. The van der Waals surface area contributed by atoms with Gasteiger partial charge in [-0.2, -0.15) is 11.8 Å². The van der Waals surface area contributed by atoms with Gasteiger partial charge >= 0.3 is 0 Å². The number of nitrogens with two attached hydrogens (primary N) is 1. The van der Waals surface area contributed by atoms with Gasteiger partial charge in [-0.3, -0.25) is 4.79 Å². The van der Waals surface area contributed by atoms with Crippen LogP contribution in [0, 0.1) is 0 Å². The average Bonchev–Trinajstić information content (AvgIpc) is 2.70. The van der Waals surface area contributed by atoms with E-state index in [4.69, 9.17) is 10.5 Å². The third-order valence-electron chi connectivity index (χ3n) is 2.79. The molecule has 80 valence electrons. The van der Waals surface area contributed by atoms with Crippen LogP contribution in [0.15, 0.2) is 0 Å². The topological polar surface area (TPSA) is 55.6 Å². The van der Waals surface area contributed by atoms with Crippen molar-refractivity contribution in [2.45, 2.75) is 18.5 Å². The monoisotopic (exact) mass is 216 g/mol. The molecule has 0 aromatic carbocycles. The largest absolute Gasteiger partial charge is 0.369 e. The van der Waals surface area contributed by atoms with Gasteiger partial charge in [0.1, 0.15) is 6.61 Å². The predicted molar refractivity (Wildman–Crippen MR) is 56.2 cm³/mol. The number of amides is 1. The fourth-order valence-electron chi connectivity index (χ4n) is 2.07. The van der Waals surface area contributed by atoms with E-state index in [0.29, 0.717) is 19.2 Å². The second-order valence-corrected chi connectivity index (χ2v) is 4.87. The van der Waals surface area contributed by atoms with Gasteiger partial charge in [-0.1, -0.05) is 0 Å². The van der Waals surface area contributed by atoms with Gasteiger partial charge in [0.25, 0.3) is 0 Å². The van der Waals surface area contributed by atoms with Crippen LogP contribution < -0.4 is 5.73 Å². The number of carbonyl (C=O) groups is 1. The zero-order valence-corrected chi connectivity index (χ0v) is 8.96. The first-order valence-electron chi connectivity index (χ1n) is 4.99. The Morgan fingerprint density at radius 3 is 3.14 bits per heavy atom. The molecule has 2 atom stereocenters. The van der Waals surface area contributed by atoms with Crippen LogP contribution in [0.1, 0.15) is 6.42 Å². The fraction of sp³-hybridized carbons (Fsp3) is 0.889. The summed E-state index contributed by atoms with van der Waals surface area (Å²) in [5.74, 6) is 2.33. The third kappa shape index (κ3) is 1.89. The molecule has 2 aliphatic heterocycles. The Kier molecular flexibility index (Phi) is 3.30. The maximum Gasteiger partial charge on any atom is 0.249 e. The highest BCUT2D eigenvalue weighted by Gasteiger charge is 2.34. The molecule has 0 aliphatic carbocycles. The van der Waals surface area contributed by atoms with Gasteiger partial charge in [0.2, 0.25) is 5.91 Å². The van der Waals surface area contributed by atoms with Crippen molar-refractivity contribution in [2.75, 3.05) is 31.3 Å². The lowest BCUT2D eigenvalue weighted by Gasteiger charge is -2.38. The van der Waals surface area contributed by atoms with Gasteiger partial charge in [0.15, 0.2) is 0 Å². The molecule has 0 bridgehead atoms. The molecule has 0 aromatic rings. The molecule has 0 spiro atoms. The summed E-state index contributed by atoms with van der Waals surface area (Å²) in [4.78, 5) is 13.6. The van der Waals surface area contributed by atoms with Crippen molar-refractivity contribution in [3.05, 3.63) is 0 Å². The molecule has 2 rings (SSSR count). The second kappa shape index (κ2) is 4.51. The summed E-state index contributed by atoms with van der Waals surface area (Å²) >= 11 is 1.91. The molecule has 0 radical (unpaired) electrons. The van der Waals surface area contributed by atoms with Crippen LogP contribution in [-0.4, -0.2) is 54.2 Å². The van der Waals surface area contributed by atoms with E-state index in [9.17, 15) is 4.79 Å². The van der Waals surface area contributed by atoms with Crippen molar-refractivity contribution in [2.24, 2.45) is 5.73 Å². The molecule has 5 heteroatoms. The fourth-order valence-corrected chi connectivity index (χ4v) is 3.27.